The van der Waals surface area contributed by atoms with Crippen molar-refractivity contribution in [3.05, 3.63) is 28.8 Å². The number of hydrogen-bond donors (Lipinski definition) is 1. The minimum atomic E-state index is -1.14. The second-order valence-corrected chi connectivity index (χ2v) is 5.30. The maximum Gasteiger partial charge on any atom is 0.339 e. The number of carbonyl (C=O) groups excluding carboxylic acids is 1. The Labute approximate surface area is 127 Å². The second kappa shape index (κ2) is 6.78. The molecule has 1 amide bonds. The third-order valence-electron chi connectivity index (χ3n) is 3.39. The van der Waals surface area contributed by atoms with Crippen LogP contribution in [0.3, 0.4) is 0 Å². The lowest BCUT2D eigenvalue weighted by molar-refractivity contribution is -0.134. The van der Waals surface area contributed by atoms with Gasteiger partial charge >= 0.3 is 5.97 Å². The molecule has 1 aliphatic heterocycles. The molecular formula is C14H17ClN2O4. The van der Waals surface area contributed by atoms with Crippen LogP contribution < -0.4 is 4.74 Å². The number of amides is 1. The van der Waals surface area contributed by atoms with Crippen LogP contribution in [0.25, 0.3) is 0 Å². The molecular weight excluding hydrogens is 296 g/mol. The van der Waals surface area contributed by atoms with E-state index in [4.69, 9.17) is 21.4 Å². The maximum absolute atomic E-state index is 12.1. The van der Waals surface area contributed by atoms with E-state index in [1.807, 2.05) is 7.05 Å². The summed E-state index contributed by atoms with van der Waals surface area (Å²) < 4.78 is 5.35. The summed E-state index contributed by atoms with van der Waals surface area (Å²) in [5.74, 6) is -1.27. The lowest BCUT2D eigenvalue weighted by Gasteiger charge is -2.32. The Morgan fingerprint density at radius 1 is 1.29 bits per heavy atom. The Bertz CT molecular complexity index is 542. The SMILES string of the molecule is CN1CCN(C(=O)COc2c(Cl)cccc2C(=O)O)CC1. The van der Waals surface area contributed by atoms with Gasteiger partial charge < -0.3 is 19.6 Å². The quantitative estimate of drug-likeness (QED) is 0.904. The van der Waals surface area contributed by atoms with Gasteiger partial charge in [-0.1, -0.05) is 17.7 Å². The van der Waals surface area contributed by atoms with E-state index in [0.717, 1.165) is 13.1 Å². The molecule has 1 aromatic rings. The van der Waals surface area contributed by atoms with Crippen molar-refractivity contribution in [1.82, 2.24) is 9.80 Å². The van der Waals surface area contributed by atoms with Gasteiger partial charge in [0.05, 0.1) is 5.02 Å². The average molecular weight is 313 g/mol. The van der Waals surface area contributed by atoms with Gasteiger partial charge in [-0.05, 0) is 19.2 Å². The molecule has 2 rings (SSSR count). The number of carboxylic acid groups (broad SMARTS) is 1. The first-order chi connectivity index (χ1) is 9.99. The van der Waals surface area contributed by atoms with Crippen molar-refractivity contribution >= 4 is 23.5 Å². The highest BCUT2D eigenvalue weighted by Crippen LogP contribution is 2.28. The molecule has 1 aromatic carbocycles. The van der Waals surface area contributed by atoms with Crippen molar-refractivity contribution in [3.8, 4) is 5.75 Å². The van der Waals surface area contributed by atoms with Crippen LogP contribution >= 0.6 is 11.6 Å². The number of nitrogens with zero attached hydrogens (tertiary/aromatic N) is 2. The van der Waals surface area contributed by atoms with E-state index in [1.54, 1.807) is 4.90 Å². The zero-order chi connectivity index (χ0) is 15.4. The Hall–Kier alpha value is -1.79. The third-order valence-corrected chi connectivity index (χ3v) is 3.69. The van der Waals surface area contributed by atoms with Crippen molar-refractivity contribution < 1.29 is 19.4 Å². The zero-order valence-electron chi connectivity index (χ0n) is 11.7. The van der Waals surface area contributed by atoms with Gasteiger partial charge in [0.2, 0.25) is 0 Å². The van der Waals surface area contributed by atoms with E-state index >= 15 is 0 Å². The summed E-state index contributed by atoms with van der Waals surface area (Å²) in [5.41, 5.74) is -0.0475. The third kappa shape index (κ3) is 3.86. The number of carboxylic acids is 1. The molecule has 0 saturated carbocycles. The molecule has 0 bridgehead atoms. The van der Waals surface area contributed by atoms with Crippen LogP contribution in [0.15, 0.2) is 18.2 Å². The highest BCUT2D eigenvalue weighted by atomic mass is 35.5. The van der Waals surface area contributed by atoms with Gasteiger partial charge in [-0.25, -0.2) is 4.79 Å². The fourth-order valence-electron chi connectivity index (χ4n) is 2.10. The molecule has 0 aliphatic carbocycles. The topological polar surface area (TPSA) is 70.1 Å². The van der Waals surface area contributed by atoms with Gasteiger partial charge in [0.25, 0.3) is 5.91 Å². The van der Waals surface area contributed by atoms with Crippen LogP contribution in [0.2, 0.25) is 5.02 Å². The van der Waals surface area contributed by atoms with Crippen LogP contribution in [0.4, 0.5) is 0 Å². The van der Waals surface area contributed by atoms with Crippen molar-refractivity contribution in [2.24, 2.45) is 0 Å². The number of piperazine rings is 1. The summed E-state index contributed by atoms with van der Waals surface area (Å²) >= 11 is 5.94. The number of benzene rings is 1. The van der Waals surface area contributed by atoms with Gasteiger partial charge in [-0.2, -0.15) is 0 Å². The molecule has 0 radical (unpaired) electrons. The number of carbonyl (C=O) groups is 2. The highest BCUT2D eigenvalue weighted by Gasteiger charge is 2.21. The predicted octanol–water partition coefficient (Wildman–Crippen LogP) is 1.19. The van der Waals surface area contributed by atoms with Crippen molar-refractivity contribution in [3.63, 3.8) is 0 Å². The van der Waals surface area contributed by atoms with E-state index in [0.29, 0.717) is 13.1 Å². The number of halogens is 1. The smallest absolute Gasteiger partial charge is 0.339 e. The molecule has 0 spiro atoms. The molecule has 1 aliphatic rings. The fraction of sp³-hybridized carbons (Fsp3) is 0.429. The molecule has 0 unspecified atom stereocenters. The first kappa shape index (κ1) is 15.6. The van der Waals surface area contributed by atoms with Crippen LogP contribution in [0.1, 0.15) is 10.4 Å². The van der Waals surface area contributed by atoms with E-state index in [1.165, 1.54) is 18.2 Å². The Balaban J connectivity index is 2.00. The molecule has 6 nitrogen and oxygen atoms in total. The number of rotatable bonds is 4. The van der Waals surface area contributed by atoms with Crippen LogP contribution in [0, 0.1) is 0 Å². The minimum absolute atomic E-state index is 0.0362. The van der Waals surface area contributed by atoms with E-state index in [2.05, 4.69) is 4.90 Å². The molecule has 0 aromatic heterocycles. The standard InChI is InChI=1S/C14H17ClN2O4/c1-16-5-7-17(8-6-16)12(18)9-21-13-10(14(19)20)3-2-4-11(13)15/h2-4H,5-9H2,1H3,(H,19,20). The summed E-state index contributed by atoms with van der Waals surface area (Å²) in [6, 6.07) is 4.45. The molecule has 1 N–H and O–H groups in total. The van der Waals surface area contributed by atoms with Gasteiger partial charge in [0.1, 0.15) is 5.56 Å². The van der Waals surface area contributed by atoms with Crippen molar-refractivity contribution in [2.75, 3.05) is 39.8 Å². The lowest BCUT2D eigenvalue weighted by atomic mass is 10.2. The van der Waals surface area contributed by atoms with Gasteiger partial charge in [-0.15, -0.1) is 0 Å². The largest absolute Gasteiger partial charge is 0.481 e. The fourth-order valence-corrected chi connectivity index (χ4v) is 2.33. The van der Waals surface area contributed by atoms with E-state index in [9.17, 15) is 9.59 Å². The van der Waals surface area contributed by atoms with Crippen molar-refractivity contribution in [2.45, 2.75) is 0 Å². The molecule has 7 heteroatoms. The lowest BCUT2D eigenvalue weighted by Crippen LogP contribution is -2.48. The van der Waals surface area contributed by atoms with Crippen LogP contribution in [-0.2, 0) is 4.79 Å². The summed E-state index contributed by atoms with van der Waals surface area (Å²) in [6.45, 7) is 2.71. The van der Waals surface area contributed by atoms with Crippen LogP contribution in [0.5, 0.6) is 5.75 Å². The zero-order valence-corrected chi connectivity index (χ0v) is 12.5. The first-order valence-electron chi connectivity index (χ1n) is 6.60. The van der Waals surface area contributed by atoms with E-state index in [-0.39, 0.29) is 28.8 Å². The number of likely N-dealkylation sites (N-methyl/N-ethyl adjacent to an activating group) is 1. The van der Waals surface area contributed by atoms with Crippen molar-refractivity contribution in [1.29, 1.82) is 0 Å². The Kier molecular flexibility index (Phi) is 5.03. The monoisotopic (exact) mass is 312 g/mol. The summed E-state index contributed by atoms with van der Waals surface area (Å²) in [5, 5.41) is 9.28. The predicted molar refractivity (Wildman–Crippen MR) is 78.0 cm³/mol. The molecule has 1 heterocycles. The Morgan fingerprint density at radius 3 is 2.57 bits per heavy atom. The van der Waals surface area contributed by atoms with Gasteiger partial charge in [-0.3, -0.25) is 4.79 Å². The van der Waals surface area contributed by atoms with Gasteiger partial charge in [0, 0.05) is 26.2 Å². The van der Waals surface area contributed by atoms with Crippen LogP contribution in [-0.4, -0.2) is 66.6 Å². The number of para-hydroxylation sites is 1. The van der Waals surface area contributed by atoms with E-state index < -0.39 is 5.97 Å². The normalized spacial score (nSPS) is 15.8. The number of ether oxygens (including phenoxy) is 1. The number of aromatic carboxylic acids is 1. The minimum Gasteiger partial charge on any atom is -0.481 e. The molecule has 0 atom stereocenters. The number of hydrogen-bond acceptors (Lipinski definition) is 4. The first-order valence-corrected chi connectivity index (χ1v) is 6.97. The summed E-state index contributed by atoms with van der Waals surface area (Å²) in [4.78, 5) is 27.0. The maximum atomic E-state index is 12.1. The van der Waals surface area contributed by atoms with Gasteiger partial charge in [0.15, 0.2) is 12.4 Å². The molecule has 1 saturated heterocycles. The highest BCUT2D eigenvalue weighted by molar-refractivity contribution is 6.32. The Morgan fingerprint density at radius 2 is 1.95 bits per heavy atom. The summed E-state index contributed by atoms with van der Waals surface area (Å²) in [6.07, 6.45) is 0. The molecule has 21 heavy (non-hydrogen) atoms. The second-order valence-electron chi connectivity index (χ2n) is 4.89. The average Bonchev–Trinajstić information content (AvgIpc) is 2.46. The molecule has 114 valence electrons. The molecule has 1 fully saturated rings. The summed E-state index contributed by atoms with van der Waals surface area (Å²) in [7, 11) is 2.00.